The molecule has 1 fully saturated rings. The zero-order chi connectivity index (χ0) is 8.55. The molecule has 2 unspecified atom stereocenters. The number of alkyl halides is 1. The van der Waals surface area contributed by atoms with E-state index >= 15 is 0 Å². The van der Waals surface area contributed by atoms with Crippen molar-refractivity contribution in [1.82, 2.24) is 9.78 Å². The monoisotopic (exact) mass is 228 g/mol. The van der Waals surface area contributed by atoms with Crippen molar-refractivity contribution in [3.05, 3.63) is 18.0 Å². The molecule has 1 aromatic rings. The third-order valence-corrected chi connectivity index (χ3v) is 3.68. The summed E-state index contributed by atoms with van der Waals surface area (Å²) in [4.78, 5) is 0.668. The molecule has 66 valence electrons. The van der Waals surface area contributed by atoms with E-state index in [0.717, 1.165) is 0 Å². The number of aryl methyl sites for hydroxylation is 1. The Morgan fingerprint density at radius 2 is 2.42 bits per heavy atom. The van der Waals surface area contributed by atoms with Crippen LogP contribution in [-0.4, -0.2) is 14.6 Å². The Hall–Kier alpha value is -0.310. The van der Waals surface area contributed by atoms with E-state index in [1.807, 2.05) is 17.9 Å². The minimum Gasteiger partial charge on any atom is -0.276 e. The second-order valence-corrected chi connectivity index (χ2v) is 4.68. The third kappa shape index (κ3) is 1.42. The average Bonchev–Trinajstić information content (AvgIpc) is 2.58. The summed E-state index contributed by atoms with van der Waals surface area (Å²) >= 11 is 3.71. The van der Waals surface area contributed by atoms with Crippen LogP contribution in [0.1, 0.15) is 30.7 Å². The smallest absolute Gasteiger partial charge is 0.0524 e. The van der Waals surface area contributed by atoms with Gasteiger partial charge in [0.05, 0.1) is 6.20 Å². The molecule has 0 spiro atoms. The van der Waals surface area contributed by atoms with Crippen molar-refractivity contribution in [2.45, 2.75) is 30.0 Å². The molecule has 0 bridgehead atoms. The van der Waals surface area contributed by atoms with Crippen molar-refractivity contribution in [1.29, 1.82) is 0 Å². The molecule has 1 aliphatic carbocycles. The Kier molecular flexibility index (Phi) is 2.22. The lowest BCUT2D eigenvalue weighted by molar-refractivity contribution is 0.735. The second-order valence-electron chi connectivity index (χ2n) is 3.50. The van der Waals surface area contributed by atoms with Crippen LogP contribution in [0.4, 0.5) is 0 Å². The van der Waals surface area contributed by atoms with E-state index in [1.54, 1.807) is 0 Å². The Morgan fingerprint density at radius 1 is 1.58 bits per heavy atom. The molecular formula is C9H13BrN2. The first kappa shape index (κ1) is 8.30. The van der Waals surface area contributed by atoms with Crippen LogP contribution < -0.4 is 0 Å². The predicted molar refractivity (Wildman–Crippen MR) is 52.5 cm³/mol. The molecule has 1 heterocycles. The quantitative estimate of drug-likeness (QED) is 0.676. The topological polar surface area (TPSA) is 17.8 Å². The molecule has 1 aliphatic rings. The summed E-state index contributed by atoms with van der Waals surface area (Å²) in [6.45, 7) is 0. The Balaban J connectivity index is 2.19. The highest BCUT2D eigenvalue weighted by atomic mass is 79.9. The lowest BCUT2D eigenvalue weighted by Crippen LogP contribution is -2.02. The molecule has 0 N–H and O–H groups in total. The fourth-order valence-electron chi connectivity index (χ4n) is 1.92. The zero-order valence-electron chi connectivity index (χ0n) is 7.20. The highest BCUT2D eigenvalue weighted by molar-refractivity contribution is 9.09. The van der Waals surface area contributed by atoms with Gasteiger partial charge in [-0.3, -0.25) is 4.68 Å². The highest BCUT2D eigenvalue weighted by Gasteiger charge is 2.26. The molecule has 0 amide bonds. The highest BCUT2D eigenvalue weighted by Crippen LogP contribution is 2.38. The average molecular weight is 229 g/mol. The summed E-state index contributed by atoms with van der Waals surface area (Å²) in [5.41, 5.74) is 1.39. The Morgan fingerprint density at radius 3 is 2.92 bits per heavy atom. The van der Waals surface area contributed by atoms with Gasteiger partial charge in [-0.1, -0.05) is 22.4 Å². The van der Waals surface area contributed by atoms with E-state index < -0.39 is 0 Å². The van der Waals surface area contributed by atoms with Crippen LogP contribution in [0.25, 0.3) is 0 Å². The Labute approximate surface area is 81.1 Å². The molecule has 2 atom stereocenters. The van der Waals surface area contributed by atoms with Crippen molar-refractivity contribution < 1.29 is 0 Å². The van der Waals surface area contributed by atoms with Gasteiger partial charge in [-0.2, -0.15) is 5.10 Å². The van der Waals surface area contributed by atoms with E-state index in [9.17, 15) is 0 Å². The van der Waals surface area contributed by atoms with Crippen LogP contribution >= 0.6 is 15.9 Å². The van der Waals surface area contributed by atoms with Crippen molar-refractivity contribution in [2.24, 2.45) is 7.05 Å². The number of rotatable bonds is 1. The second kappa shape index (κ2) is 3.21. The molecule has 1 saturated carbocycles. The van der Waals surface area contributed by atoms with Gasteiger partial charge >= 0.3 is 0 Å². The lowest BCUT2D eigenvalue weighted by atomic mass is 10.0. The maximum Gasteiger partial charge on any atom is 0.0524 e. The SMILES string of the molecule is Cn1cc(C2CCCC2Br)cn1. The van der Waals surface area contributed by atoms with Gasteiger partial charge in [0, 0.05) is 18.1 Å². The normalized spacial score (nSPS) is 29.5. The summed E-state index contributed by atoms with van der Waals surface area (Å²) < 4.78 is 1.88. The molecular weight excluding hydrogens is 216 g/mol. The largest absolute Gasteiger partial charge is 0.276 e. The molecule has 3 heteroatoms. The molecule has 2 nitrogen and oxygen atoms in total. The van der Waals surface area contributed by atoms with Crippen LogP contribution in [0.5, 0.6) is 0 Å². The van der Waals surface area contributed by atoms with E-state index in [0.29, 0.717) is 10.7 Å². The fourth-order valence-corrected chi connectivity index (χ4v) is 2.82. The summed E-state index contributed by atoms with van der Waals surface area (Å²) in [7, 11) is 1.97. The van der Waals surface area contributed by atoms with Crippen LogP contribution in [0, 0.1) is 0 Å². The maximum absolute atomic E-state index is 4.19. The molecule has 0 aliphatic heterocycles. The molecule has 0 saturated heterocycles. The van der Waals surface area contributed by atoms with Crippen molar-refractivity contribution >= 4 is 15.9 Å². The first-order chi connectivity index (χ1) is 5.77. The zero-order valence-corrected chi connectivity index (χ0v) is 8.79. The standard InChI is InChI=1S/C9H13BrN2/c1-12-6-7(5-11-12)8-3-2-4-9(8)10/h5-6,8-9H,2-4H2,1H3. The molecule has 12 heavy (non-hydrogen) atoms. The van der Waals surface area contributed by atoms with Crippen LogP contribution in [-0.2, 0) is 7.05 Å². The first-order valence-corrected chi connectivity index (χ1v) is 5.31. The van der Waals surface area contributed by atoms with Crippen LogP contribution in [0.2, 0.25) is 0 Å². The number of aromatic nitrogens is 2. The van der Waals surface area contributed by atoms with Gasteiger partial charge in [0.1, 0.15) is 0 Å². The van der Waals surface area contributed by atoms with Crippen LogP contribution in [0.15, 0.2) is 12.4 Å². The molecule has 2 rings (SSSR count). The van der Waals surface area contributed by atoms with Crippen molar-refractivity contribution in [3.63, 3.8) is 0 Å². The van der Waals surface area contributed by atoms with Gasteiger partial charge < -0.3 is 0 Å². The van der Waals surface area contributed by atoms with E-state index in [4.69, 9.17) is 0 Å². The number of hydrogen-bond donors (Lipinski definition) is 0. The van der Waals surface area contributed by atoms with Crippen molar-refractivity contribution in [2.75, 3.05) is 0 Å². The lowest BCUT2D eigenvalue weighted by Gasteiger charge is -2.10. The van der Waals surface area contributed by atoms with Gasteiger partial charge in [-0.05, 0) is 24.3 Å². The van der Waals surface area contributed by atoms with E-state index in [-0.39, 0.29) is 0 Å². The minimum absolute atomic E-state index is 0.668. The number of hydrogen-bond acceptors (Lipinski definition) is 1. The molecule has 1 aromatic heterocycles. The van der Waals surface area contributed by atoms with Crippen molar-refractivity contribution in [3.8, 4) is 0 Å². The summed E-state index contributed by atoms with van der Waals surface area (Å²) in [6, 6.07) is 0. The van der Waals surface area contributed by atoms with Gasteiger partial charge in [0.15, 0.2) is 0 Å². The third-order valence-electron chi connectivity index (χ3n) is 2.58. The van der Waals surface area contributed by atoms with E-state index in [2.05, 4.69) is 27.2 Å². The Bertz CT molecular complexity index is 269. The van der Waals surface area contributed by atoms with Gasteiger partial charge in [0.25, 0.3) is 0 Å². The van der Waals surface area contributed by atoms with Gasteiger partial charge in [-0.15, -0.1) is 0 Å². The predicted octanol–water partition coefficient (Wildman–Crippen LogP) is 2.45. The minimum atomic E-state index is 0.668. The first-order valence-electron chi connectivity index (χ1n) is 4.40. The van der Waals surface area contributed by atoms with E-state index in [1.165, 1.54) is 24.8 Å². The number of halogens is 1. The summed E-state index contributed by atoms with van der Waals surface area (Å²) in [6.07, 6.45) is 8.07. The summed E-state index contributed by atoms with van der Waals surface area (Å²) in [5.74, 6) is 0.693. The fraction of sp³-hybridized carbons (Fsp3) is 0.667. The van der Waals surface area contributed by atoms with Crippen LogP contribution in [0.3, 0.4) is 0 Å². The number of nitrogens with zero attached hydrogens (tertiary/aromatic N) is 2. The van der Waals surface area contributed by atoms with Gasteiger partial charge in [-0.25, -0.2) is 0 Å². The summed E-state index contributed by atoms with van der Waals surface area (Å²) in [5, 5.41) is 4.19. The molecule has 0 radical (unpaired) electrons. The molecule has 0 aromatic carbocycles. The van der Waals surface area contributed by atoms with Gasteiger partial charge in [0.2, 0.25) is 0 Å². The maximum atomic E-state index is 4.19.